The molecule has 2 N–H and O–H groups in total. The van der Waals surface area contributed by atoms with E-state index in [-0.39, 0.29) is 6.03 Å². The van der Waals surface area contributed by atoms with Gasteiger partial charge in [0, 0.05) is 12.2 Å². The summed E-state index contributed by atoms with van der Waals surface area (Å²) in [6.45, 7) is 4.47. The lowest BCUT2D eigenvalue weighted by molar-refractivity contribution is 0.251. The number of urea groups is 1. The van der Waals surface area contributed by atoms with E-state index < -0.39 is 0 Å². The second-order valence-electron chi connectivity index (χ2n) is 4.91. The van der Waals surface area contributed by atoms with Crippen LogP contribution in [0, 0.1) is 13.8 Å². The molecule has 0 fully saturated rings. The Morgan fingerprint density at radius 3 is 2.67 bits per heavy atom. The van der Waals surface area contributed by atoms with Crippen LogP contribution < -0.4 is 15.4 Å². The van der Waals surface area contributed by atoms with E-state index in [1.807, 2.05) is 56.3 Å². The van der Waals surface area contributed by atoms with E-state index >= 15 is 0 Å². The normalized spacial score (nSPS) is 10.0. The zero-order valence-electron chi connectivity index (χ0n) is 12.6. The molecule has 0 saturated heterocycles. The molecule has 0 saturated carbocycles. The first-order chi connectivity index (χ1) is 10.1. The molecule has 4 nitrogen and oxygen atoms in total. The minimum Gasteiger partial charge on any atom is -0.497 e. The van der Waals surface area contributed by atoms with Crippen molar-refractivity contribution in [2.45, 2.75) is 20.4 Å². The van der Waals surface area contributed by atoms with Crippen LogP contribution in [0.3, 0.4) is 0 Å². The summed E-state index contributed by atoms with van der Waals surface area (Å²) in [5, 5.41) is 5.71. The van der Waals surface area contributed by atoms with E-state index in [9.17, 15) is 4.79 Å². The summed E-state index contributed by atoms with van der Waals surface area (Å²) in [5.74, 6) is 0.782. The first-order valence-corrected chi connectivity index (χ1v) is 6.84. The van der Waals surface area contributed by atoms with E-state index in [0.717, 1.165) is 28.1 Å². The SMILES string of the molecule is COc1cccc(CNC(=O)Nc2cccc(C)c2C)c1. The van der Waals surface area contributed by atoms with E-state index in [2.05, 4.69) is 10.6 Å². The monoisotopic (exact) mass is 284 g/mol. The first kappa shape index (κ1) is 14.9. The molecule has 0 radical (unpaired) electrons. The predicted octanol–water partition coefficient (Wildman–Crippen LogP) is 3.63. The van der Waals surface area contributed by atoms with Crippen LogP contribution in [0.1, 0.15) is 16.7 Å². The highest BCUT2D eigenvalue weighted by molar-refractivity contribution is 5.90. The third-order valence-corrected chi connectivity index (χ3v) is 3.44. The Labute approximate surface area is 125 Å². The number of anilines is 1. The number of amides is 2. The number of carbonyl (C=O) groups is 1. The van der Waals surface area contributed by atoms with Crippen molar-refractivity contribution in [2.24, 2.45) is 0 Å². The van der Waals surface area contributed by atoms with Crippen molar-refractivity contribution in [3.8, 4) is 5.75 Å². The molecule has 2 aromatic rings. The van der Waals surface area contributed by atoms with Gasteiger partial charge in [0.25, 0.3) is 0 Å². The molecule has 2 rings (SSSR count). The van der Waals surface area contributed by atoms with Gasteiger partial charge in [0.1, 0.15) is 5.75 Å². The van der Waals surface area contributed by atoms with Gasteiger partial charge in [-0.1, -0.05) is 24.3 Å². The van der Waals surface area contributed by atoms with Crippen LogP contribution >= 0.6 is 0 Å². The Hall–Kier alpha value is -2.49. The standard InChI is InChI=1S/C17H20N2O2/c1-12-6-4-9-16(13(12)2)19-17(20)18-11-14-7-5-8-15(10-14)21-3/h4-10H,11H2,1-3H3,(H2,18,19,20). The molecule has 0 unspecified atom stereocenters. The highest BCUT2D eigenvalue weighted by Crippen LogP contribution is 2.17. The molecule has 0 spiro atoms. The Morgan fingerprint density at radius 1 is 1.14 bits per heavy atom. The van der Waals surface area contributed by atoms with E-state index in [1.54, 1.807) is 7.11 Å². The largest absolute Gasteiger partial charge is 0.497 e. The molecule has 21 heavy (non-hydrogen) atoms. The summed E-state index contributed by atoms with van der Waals surface area (Å²) >= 11 is 0. The second-order valence-corrected chi connectivity index (χ2v) is 4.91. The Morgan fingerprint density at radius 2 is 1.90 bits per heavy atom. The van der Waals surface area contributed by atoms with Crippen molar-refractivity contribution < 1.29 is 9.53 Å². The van der Waals surface area contributed by atoms with Crippen LogP contribution in [-0.2, 0) is 6.54 Å². The molecule has 0 heterocycles. The van der Waals surface area contributed by atoms with Gasteiger partial charge in [0.15, 0.2) is 0 Å². The average Bonchev–Trinajstić information content (AvgIpc) is 2.50. The summed E-state index contributed by atoms with van der Waals surface area (Å²) < 4.78 is 5.16. The number of hydrogen-bond acceptors (Lipinski definition) is 2. The van der Waals surface area contributed by atoms with Crippen LogP contribution in [0.25, 0.3) is 0 Å². The van der Waals surface area contributed by atoms with Crippen molar-refractivity contribution in [3.63, 3.8) is 0 Å². The smallest absolute Gasteiger partial charge is 0.319 e. The molecule has 0 aliphatic rings. The molecule has 0 atom stereocenters. The molecular formula is C17H20N2O2. The quantitative estimate of drug-likeness (QED) is 0.900. The fraction of sp³-hybridized carbons (Fsp3) is 0.235. The zero-order valence-corrected chi connectivity index (χ0v) is 12.6. The number of benzene rings is 2. The van der Waals surface area contributed by atoms with Crippen molar-refractivity contribution >= 4 is 11.7 Å². The molecule has 0 bridgehead atoms. The minimum atomic E-state index is -0.216. The summed E-state index contributed by atoms with van der Waals surface area (Å²) in [6.07, 6.45) is 0. The molecule has 2 aromatic carbocycles. The average molecular weight is 284 g/mol. The Balaban J connectivity index is 1.94. The summed E-state index contributed by atoms with van der Waals surface area (Å²) in [4.78, 5) is 12.0. The third-order valence-electron chi connectivity index (χ3n) is 3.44. The lowest BCUT2D eigenvalue weighted by atomic mass is 10.1. The maximum Gasteiger partial charge on any atom is 0.319 e. The third kappa shape index (κ3) is 3.99. The summed E-state index contributed by atoms with van der Waals surface area (Å²) in [6, 6.07) is 13.3. The topological polar surface area (TPSA) is 50.4 Å². The Bertz CT molecular complexity index is 638. The highest BCUT2D eigenvalue weighted by Gasteiger charge is 2.05. The van der Waals surface area contributed by atoms with Gasteiger partial charge in [-0.15, -0.1) is 0 Å². The summed E-state index contributed by atoms with van der Waals surface area (Å²) in [7, 11) is 1.62. The van der Waals surface area contributed by atoms with Crippen LogP contribution in [0.15, 0.2) is 42.5 Å². The van der Waals surface area contributed by atoms with Crippen LogP contribution in [-0.4, -0.2) is 13.1 Å². The lowest BCUT2D eigenvalue weighted by Gasteiger charge is -2.11. The molecule has 0 aliphatic heterocycles. The fourth-order valence-corrected chi connectivity index (χ4v) is 2.02. The van der Waals surface area contributed by atoms with E-state index in [1.165, 1.54) is 0 Å². The van der Waals surface area contributed by atoms with E-state index in [0.29, 0.717) is 6.54 Å². The number of ether oxygens (including phenoxy) is 1. The number of aryl methyl sites for hydroxylation is 1. The maximum atomic E-state index is 12.0. The second kappa shape index (κ2) is 6.79. The highest BCUT2D eigenvalue weighted by atomic mass is 16.5. The Kier molecular flexibility index (Phi) is 4.82. The van der Waals surface area contributed by atoms with Gasteiger partial charge in [-0.05, 0) is 48.7 Å². The molecule has 0 aliphatic carbocycles. The maximum absolute atomic E-state index is 12.0. The van der Waals surface area contributed by atoms with Crippen LogP contribution in [0.2, 0.25) is 0 Å². The minimum absolute atomic E-state index is 0.216. The van der Waals surface area contributed by atoms with Crippen molar-refractivity contribution in [3.05, 3.63) is 59.2 Å². The fourth-order valence-electron chi connectivity index (χ4n) is 2.02. The zero-order chi connectivity index (χ0) is 15.2. The van der Waals surface area contributed by atoms with Gasteiger partial charge in [-0.25, -0.2) is 4.79 Å². The van der Waals surface area contributed by atoms with Crippen molar-refractivity contribution in [1.82, 2.24) is 5.32 Å². The van der Waals surface area contributed by atoms with Crippen molar-refractivity contribution in [1.29, 1.82) is 0 Å². The number of carbonyl (C=O) groups excluding carboxylic acids is 1. The van der Waals surface area contributed by atoms with Gasteiger partial charge in [-0.3, -0.25) is 0 Å². The van der Waals surface area contributed by atoms with Gasteiger partial charge in [0.05, 0.1) is 7.11 Å². The van der Waals surface area contributed by atoms with Gasteiger partial charge >= 0.3 is 6.03 Å². The van der Waals surface area contributed by atoms with Crippen LogP contribution in [0.4, 0.5) is 10.5 Å². The molecule has 2 amide bonds. The first-order valence-electron chi connectivity index (χ1n) is 6.84. The molecule has 0 aromatic heterocycles. The van der Waals surface area contributed by atoms with Gasteiger partial charge in [-0.2, -0.15) is 0 Å². The number of methoxy groups -OCH3 is 1. The number of nitrogens with one attached hydrogen (secondary N) is 2. The number of hydrogen-bond donors (Lipinski definition) is 2. The lowest BCUT2D eigenvalue weighted by Crippen LogP contribution is -2.28. The van der Waals surface area contributed by atoms with Crippen molar-refractivity contribution in [2.75, 3.05) is 12.4 Å². The van der Waals surface area contributed by atoms with Gasteiger partial charge in [0.2, 0.25) is 0 Å². The van der Waals surface area contributed by atoms with E-state index in [4.69, 9.17) is 4.74 Å². The predicted molar refractivity (Wildman–Crippen MR) is 84.8 cm³/mol. The van der Waals surface area contributed by atoms with Gasteiger partial charge < -0.3 is 15.4 Å². The molecule has 4 heteroatoms. The number of rotatable bonds is 4. The van der Waals surface area contributed by atoms with Crippen LogP contribution in [0.5, 0.6) is 5.75 Å². The molecule has 110 valence electrons. The summed E-state index contributed by atoms with van der Waals surface area (Å²) in [5.41, 5.74) is 4.05. The molecular weight excluding hydrogens is 264 g/mol.